The molecule has 0 bridgehead atoms. The highest BCUT2D eigenvalue weighted by Gasteiger charge is 2.35. The number of amides is 1. The van der Waals surface area contributed by atoms with Crippen LogP contribution in [0.5, 0.6) is 5.75 Å². The lowest BCUT2D eigenvalue weighted by atomic mass is 9.94. The van der Waals surface area contributed by atoms with Crippen molar-refractivity contribution in [3.8, 4) is 5.75 Å². The molecule has 0 aromatic heterocycles. The van der Waals surface area contributed by atoms with Gasteiger partial charge >= 0.3 is 0 Å². The molecule has 1 amide bonds. The van der Waals surface area contributed by atoms with Crippen LogP contribution in [0.3, 0.4) is 0 Å². The van der Waals surface area contributed by atoms with Gasteiger partial charge in [0.1, 0.15) is 5.75 Å². The van der Waals surface area contributed by atoms with Crippen molar-refractivity contribution in [3.05, 3.63) is 65.7 Å². The van der Waals surface area contributed by atoms with Crippen LogP contribution in [-0.2, 0) is 17.6 Å². The Morgan fingerprint density at radius 2 is 1.77 bits per heavy atom. The Labute approximate surface area is 179 Å². The standard InChI is InChI=1S/C25H34N2O3/c1-25(2,3)24(30)26-20(15-19-9-11-21(28)12-10-19)17-27-14-13-23(29)22(27)16-18-7-5-4-6-8-18/h4-12,20,22-23,28-29H,13-17H2,1-3H3,(H,26,30)/t20-,22+,23+/m0/s1. The van der Waals surface area contributed by atoms with Crippen molar-refractivity contribution in [1.82, 2.24) is 10.2 Å². The smallest absolute Gasteiger partial charge is 0.225 e. The van der Waals surface area contributed by atoms with Crippen molar-refractivity contribution in [1.29, 1.82) is 0 Å². The van der Waals surface area contributed by atoms with Gasteiger partial charge in [0.05, 0.1) is 6.10 Å². The van der Waals surface area contributed by atoms with Gasteiger partial charge < -0.3 is 15.5 Å². The molecule has 3 N–H and O–H groups in total. The zero-order valence-electron chi connectivity index (χ0n) is 18.2. The van der Waals surface area contributed by atoms with Crippen LogP contribution in [0, 0.1) is 5.41 Å². The van der Waals surface area contributed by atoms with E-state index in [2.05, 4.69) is 22.3 Å². The molecule has 0 saturated carbocycles. The molecule has 30 heavy (non-hydrogen) atoms. The maximum atomic E-state index is 12.7. The first kappa shape index (κ1) is 22.3. The molecule has 162 valence electrons. The van der Waals surface area contributed by atoms with E-state index in [9.17, 15) is 15.0 Å². The van der Waals surface area contributed by atoms with E-state index in [0.717, 1.165) is 24.9 Å². The molecule has 5 nitrogen and oxygen atoms in total. The second-order valence-electron chi connectivity index (χ2n) is 9.40. The van der Waals surface area contributed by atoms with Gasteiger partial charge in [-0.1, -0.05) is 63.2 Å². The van der Waals surface area contributed by atoms with Crippen molar-refractivity contribution >= 4 is 5.91 Å². The van der Waals surface area contributed by atoms with Gasteiger partial charge in [0, 0.05) is 30.6 Å². The molecule has 0 unspecified atom stereocenters. The molecule has 0 spiro atoms. The number of phenols is 1. The lowest BCUT2D eigenvalue weighted by Gasteiger charge is -2.32. The van der Waals surface area contributed by atoms with Crippen LogP contribution in [0.1, 0.15) is 38.3 Å². The summed E-state index contributed by atoms with van der Waals surface area (Å²) in [4.78, 5) is 15.0. The van der Waals surface area contributed by atoms with E-state index >= 15 is 0 Å². The first-order chi connectivity index (χ1) is 14.2. The minimum Gasteiger partial charge on any atom is -0.508 e. The van der Waals surface area contributed by atoms with Crippen LogP contribution < -0.4 is 5.32 Å². The number of carbonyl (C=O) groups is 1. The van der Waals surface area contributed by atoms with Crippen molar-refractivity contribution in [3.63, 3.8) is 0 Å². The van der Waals surface area contributed by atoms with Gasteiger partial charge in [-0.25, -0.2) is 0 Å². The lowest BCUT2D eigenvalue weighted by Crippen LogP contribution is -2.50. The van der Waals surface area contributed by atoms with Gasteiger partial charge in [-0.2, -0.15) is 0 Å². The quantitative estimate of drug-likeness (QED) is 0.656. The fourth-order valence-electron chi connectivity index (χ4n) is 4.01. The van der Waals surface area contributed by atoms with E-state index in [1.54, 1.807) is 12.1 Å². The number of rotatable bonds is 7. The summed E-state index contributed by atoms with van der Waals surface area (Å²) in [6.07, 6.45) is 1.85. The fourth-order valence-corrected chi connectivity index (χ4v) is 4.01. The van der Waals surface area contributed by atoms with Gasteiger partial charge in [-0.15, -0.1) is 0 Å². The van der Waals surface area contributed by atoms with Crippen LogP contribution in [-0.4, -0.2) is 52.3 Å². The number of aliphatic hydroxyl groups excluding tert-OH is 1. The fraction of sp³-hybridized carbons (Fsp3) is 0.480. The molecule has 1 aliphatic heterocycles. The summed E-state index contributed by atoms with van der Waals surface area (Å²) in [7, 11) is 0. The summed E-state index contributed by atoms with van der Waals surface area (Å²) in [5.41, 5.74) is 1.80. The predicted molar refractivity (Wildman–Crippen MR) is 119 cm³/mol. The molecule has 3 atom stereocenters. The summed E-state index contributed by atoms with van der Waals surface area (Å²) in [5.74, 6) is 0.255. The summed E-state index contributed by atoms with van der Waals surface area (Å²) in [6.45, 7) is 7.24. The first-order valence-electron chi connectivity index (χ1n) is 10.8. The van der Waals surface area contributed by atoms with Gasteiger partial charge in [-0.05, 0) is 42.5 Å². The van der Waals surface area contributed by atoms with Crippen molar-refractivity contribution in [2.45, 2.75) is 58.2 Å². The third-order valence-corrected chi connectivity index (χ3v) is 5.80. The Hall–Kier alpha value is -2.37. The lowest BCUT2D eigenvalue weighted by molar-refractivity contribution is -0.129. The zero-order valence-corrected chi connectivity index (χ0v) is 18.2. The number of benzene rings is 2. The summed E-state index contributed by atoms with van der Waals surface area (Å²) >= 11 is 0. The number of nitrogens with zero attached hydrogens (tertiary/aromatic N) is 1. The molecule has 1 saturated heterocycles. The highest BCUT2D eigenvalue weighted by molar-refractivity contribution is 5.81. The summed E-state index contributed by atoms with van der Waals surface area (Å²) in [5, 5.41) is 23.4. The second kappa shape index (κ2) is 9.63. The second-order valence-corrected chi connectivity index (χ2v) is 9.40. The Morgan fingerprint density at radius 3 is 2.40 bits per heavy atom. The van der Waals surface area contributed by atoms with E-state index in [1.807, 2.05) is 51.1 Å². The number of carbonyl (C=O) groups excluding carboxylic acids is 1. The molecular formula is C25H34N2O3. The van der Waals surface area contributed by atoms with E-state index < -0.39 is 5.41 Å². The van der Waals surface area contributed by atoms with Crippen LogP contribution >= 0.6 is 0 Å². The van der Waals surface area contributed by atoms with E-state index in [1.165, 1.54) is 5.56 Å². The average molecular weight is 411 g/mol. The summed E-state index contributed by atoms with van der Waals surface area (Å²) < 4.78 is 0. The monoisotopic (exact) mass is 410 g/mol. The van der Waals surface area contributed by atoms with Crippen LogP contribution in [0.2, 0.25) is 0 Å². The predicted octanol–water partition coefficient (Wildman–Crippen LogP) is 3.14. The molecule has 3 rings (SSSR count). The Balaban J connectivity index is 1.74. The molecule has 1 heterocycles. The van der Waals surface area contributed by atoms with Crippen molar-refractivity contribution < 1.29 is 15.0 Å². The Kier molecular flexibility index (Phi) is 7.16. The molecule has 5 heteroatoms. The molecule has 0 aliphatic carbocycles. The van der Waals surface area contributed by atoms with Crippen LogP contribution in [0.15, 0.2) is 54.6 Å². The molecule has 0 radical (unpaired) electrons. The van der Waals surface area contributed by atoms with Gasteiger partial charge in [0.15, 0.2) is 0 Å². The maximum Gasteiger partial charge on any atom is 0.225 e. The van der Waals surface area contributed by atoms with Gasteiger partial charge in [0.25, 0.3) is 0 Å². The minimum absolute atomic E-state index is 0.0191. The zero-order chi connectivity index (χ0) is 21.7. The number of aromatic hydroxyl groups is 1. The van der Waals surface area contributed by atoms with Crippen LogP contribution in [0.4, 0.5) is 0 Å². The molecular weight excluding hydrogens is 376 g/mol. The first-order valence-corrected chi connectivity index (χ1v) is 10.8. The number of hydrogen-bond acceptors (Lipinski definition) is 4. The molecule has 1 aliphatic rings. The molecule has 2 aromatic rings. The van der Waals surface area contributed by atoms with Gasteiger partial charge in [0.2, 0.25) is 5.91 Å². The topological polar surface area (TPSA) is 72.8 Å². The number of nitrogens with one attached hydrogen (secondary N) is 1. The highest BCUT2D eigenvalue weighted by Crippen LogP contribution is 2.23. The van der Waals surface area contributed by atoms with Gasteiger partial charge in [-0.3, -0.25) is 9.69 Å². The SMILES string of the molecule is CC(C)(C)C(=O)N[C@@H](Cc1ccc(O)cc1)CN1CC[C@@H](O)[C@H]1Cc1ccccc1. The normalized spacial score (nSPS) is 20.8. The third-order valence-electron chi connectivity index (χ3n) is 5.80. The van der Waals surface area contributed by atoms with E-state index in [0.29, 0.717) is 13.0 Å². The van der Waals surface area contributed by atoms with Crippen molar-refractivity contribution in [2.24, 2.45) is 5.41 Å². The highest BCUT2D eigenvalue weighted by atomic mass is 16.3. The van der Waals surface area contributed by atoms with E-state index in [-0.39, 0.29) is 29.8 Å². The van der Waals surface area contributed by atoms with Crippen LogP contribution in [0.25, 0.3) is 0 Å². The maximum absolute atomic E-state index is 12.7. The Morgan fingerprint density at radius 1 is 1.10 bits per heavy atom. The largest absolute Gasteiger partial charge is 0.508 e. The number of hydrogen-bond donors (Lipinski definition) is 3. The average Bonchev–Trinajstić information content (AvgIpc) is 3.03. The van der Waals surface area contributed by atoms with Crippen molar-refractivity contribution in [2.75, 3.05) is 13.1 Å². The third kappa shape index (κ3) is 6.07. The Bertz CT molecular complexity index is 815. The number of phenolic OH excluding ortho intramolecular Hbond substituents is 1. The van der Waals surface area contributed by atoms with E-state index in [4.69, 9.17) is 0 Å². The summed E-state index contributed by atoms with van der Waals surface area (Å²) in [6, 6.07) is 17.4. The minimum atomic E-state index is -0.471. The molecule has 1 fully saturated rings. The molecule has 2 aromatic carbocycles. The number of likely N-dealkylation sites (tertiary alicyclic amines) is 1. The number of aliphatic hydroxyl groups is 1.